The summed E-state index contributed by atoms with van der Waals surface area (Å²) < 4.78 is 0. The zero-order chi connectivity index (χ0) is 16.1. The van der Waals surface area contributed by atoms with Gasteiger partial charge in [-0.25, -0.2) is 4.98 Å². The number of amidine groups is 1. The van der Waals surface area contributed by atoms with Crippen LogP contribution in [-0.4, -0.2) is 41.3 Å². The summed E-state index contributed by atoms with van der Waals surface area (Å²) in [6, 6.07) is 0.178. The summed E-state index contributed by atoms with van der Waals surface area (Å²) in [5, 5.41) is 16.2. The minimum atomic E-state index is -0.385. The Kier molecular flexibility index (Phi) is 5.26. The second kappa shape index (κ2) is 7.16. The number of aromatic nitrogens is 1. The first kappa shape index (κ1) is 16.1. The van der Waals surface area contributed by atoms with E-state index in [-0.39, 0.29) is 23.5 Å². The zero-order valence-electron chi connectivity index (χ0n) is 12.2. The molecule has 0 amide bonds. The molecule has 1 fully saturated rings. The molecule has 1 heterocycles. The summed E-state index contributed by atoms with van der Waals surface area (Å²) in [5.74, 6) is 0.718. The molecule has 0 spiro atoms. The van der Waals surface area contributed by atoms with Gasteiger partial charge in [-0.1, -0.05) is 0 Å². The largest absolute Gasteiger partial charge is 0.370 e. The van der Waals surface area contributed by atoms with E-state index < -0.39 is 0 Å². The fourth-order valence-corrected chi connectivity index (χ4v) is 3.33. The molecule has 22 heavy (non-hydrogen) atoms. The maximum atomic E-state index is 10.6. The average molecular weight is 325 g/mol. The van der Waals surface area contributed by atoms with Crippen molar-refractivity contribution >= 4 is 28.3 Å². The number of thiazole rings is 1. The van der Waals surface area contributed by atoms with E-state index in [1.165, 1.54) is 11.3 Å². The minimum absolute atomic E-state index is 0.00422. The van der Waals surface area contributed by atoms with Crippen LogP contribution in [-0.2, 0) is 0 Å². The first-order valence-corrected chi connectivity index (χ1v) is 7.75. The Hall–Kier alpha value is -2.23. The molecule has 0 saturated heterocycles. The Morgan fingerprint density at radius 3 is 3.00 bits per heavy atom. The highest BCUT2D eigenvalue weighted by Gasteiger charge is 2.28. The van der Waals surface area contributed by atoms with Gasteiger partial charge in [0.05, 0.1) is 5.69 Å². The Morgan fingerprint density at radius 2 is 2.36 bits per heavy atom. The van der Waals surface area contributed by atoms with E-state index in [1.54, 1.807) is 7.05 Å². The van der Waals surface area contributed by atoms with Gasteiger partial charge in [-0.15, -0.1) is 11.3 Å². The Bertz CT molecular complexity index is 594. The number of hydrogen-bond donors (Lipinski definition) is 3. The molecule has 2 rings (SSSR count). The number of nitrogens with one attached hydrogen (secondary N) is 1. The smallest absolute Gasteiger partial charge is 0.259 e. The number of nitro groups is 1. The summed E-state index contributed by atoms with van der Waals surface area (Å²) >= 11 is 1.40. The van der Waals surface area contributed by atoms with Crippen LogP contribution in [0.25, 0.3) is 0 Å². The van der Waals surface area contributed by atoms with Crippen molar-refractivity contribution in [3.8, 4) is 0 Å². The molecule has 0 radical (unpaired) electrons. The van der Waals surface area contributed by atoms with E-state index in [9.17, 15) is 10.1 Å². The van der Waals surface area contributed by atoms with Crippen molar-refractivity contribution in [1.29, 1.82) is 0 Å². The molecule has 0 bridgehead atoms. The lowest BCUT2D eigenvalue weighted by Gasteiger charge is -2.13. The molecule has 120 valence electrons. The van der Waals surface area contributed by atoms with Gasteiger partial charge in [-0.3, -0.25) is 15.1 Å². The van der Waals surface area contributed by atoms with Gasteiger partial charge in [-0.2, -0.15) is 4.99 Å². The highest BCUT2D eigenvalue weighted by atomic mass is 32.1. The van der Waals surface area contributed by atoms with Crippen molar-refractivity contribution in [2.75, 3.05) is 13.6 Å². The summed E-state index contributed by atoms with van der Waals surface area (Å²) in [6.45, 7) is -0.275. The van der Waals surface area contributed by atoms with Gasteiger partial charge in [0.15, 0.2) is 11.8 Å². The van der Waals surface area contributed by atoms with Crippen molar-refractivity contribution in [2.45, 2.75) is 31.2 Å². The fraction of sp³-hybridized carbons (Fsp3) is 0.583. The van der Waals surface area contributed by atoms with Gasteiger partial charge in [0.1, 0.15) is 0 Å². The van der Waals surface area contributed by atoms with Crippen LogP contribution in [0.4, 0.5) is 5.13 Å². The number of nitrogens with zero attached hydrogens (tertiary/aromatic N) is 4. The third kappa shape index (κ3) is 4.38. The lowest BCUT2D eigenvalue weighted by Crippen LogP contribution is -2.37. The van der Waals surface area contributed by atoms with Gasteiger partial charge in [0, 0.05) is 29.3 Å². The number of hydrogen-bond acceptors (Lipinski definition) is 6. The van der Waals surface area contributed by atoms with Crippen LogP contribution in [0.1, 0.15) is 30.9 Å². The Balaban J connectivity index is 1.93. The van der Waals surface area contributed by atoms with Crippen LogP contribution < -0.4 is 16.8 Å². The molecule has 1 aliphatic rings. The standard InChI is InChI=1S/C12H19N7O2S/c1-15-10(5-19(20)21)16-8-3-2-7(4-8)9-6-22-12(17-9)18-11(13)14/h6-8H,2-5H2,1H3,(H,15,16)(H4,13,14,17,18). The van der Waals surface area contributed by atoms with Gasteiger partial charge < -0.3 is 16.8 Å². The molecule has 1 saturated carbocycles. The molecule has 2 atom stereocenters. The van der Waals surface area contributed by atoms with E-state index >= 15 is 0 Å². The molecule has 1 aliphatic carbocycles. The zero-order valence-corrected chi connectivity index (χ0v) is 13.0. The molecular formula is C12H19N7O2S. The molecule has 9 nitrogen and oxygen atoms in total. The number of rotatable bonds is 5. The quantitative estimate of drug-likeness (QED) is 0.312. The number of aliphatic imine (C=N–C) groups is 2. The van der Waals surface area contributed by atoms with E-state index in [2.05, 4.69) is 20.3 Å². The average Bonchev–Trinajstić information content (AvgIpc) is 3.05. The summed E-state index contributed by atoms with van der Waals surface area (Å²) in [7, 11) is 1.56. The number of guanidine groups is 1. The summed E-state index contributed by atoms with van der Waals surface area (Å²) in [4.78, 5) is 22.5. The number of nitrogens with two attached hydrogens (primary N) is 2. The van der Waals surface area contributed by atoms with E-state index in [1.807, 2.05) is 5.38 Å². The molecule has 1 aromatic heterocycles. The van der Waals surface area contributed by atoms with Gasteiger partial charge in [-0.05, 0) is 19.3 Å². The molecule has 0 aromatic carbocycles. The lowest BCUT2D eigenvalue weighted by atomic mass is 10.1. The predicted molar refractivity (Wildman–Crippen MR) is 86.3 cm³/mol. The molecule has 1 aromatic rings. The monoisotopic (exact) mass is 325 g/mol. The fourth-order valence-electron chi connectivity index (χ4n) is 2.55. The van der Waals surface area contributed by atoms with Gasteiger partial charge in [0.25, 0.3) is 6.54 Å². The van der Waals surface area contributed by atoms with Gasteiger partial charge >= 0.3 is 0 Å². The summed E-state index contributed by atoms with van der Waals surface area (Å²) in [5.41, 5.74) is 11.6. The van der Waals surface area contributed by atoms with Crippen LogP contribution >= 0.6 is 11.3 Å². The molecule has 2 unspecified atom stereocenters. The van der Waals surface area contributed by atoms with Crippen LogP contribution in [0.15, 0.2) is 15.4 Å². The second-order valence-electron chi connectivity index (χ2n) is 5.10. The molecule has 5 N–H and O–H groups in total. The Morgan fingerprint density at radius 1 is 1.59 bits per heavy atom. The predicted octanol–water partition coefficient (Wildman–Crippen LogP) is 0.579. The normalized spacial score (nSPS) is 21.6. The SMILES string of the molecule is CN=C(C[N+](=O)[O-])NC1CCC(c2csc(N=C(N)N)n2)C1. The van der Waals surface area contributed by atoms with E-state index in [0.717, 1.165) is 25.0 Å². The minimum Gasteiger partial charge on any atom is -0.370 e. The summed E-state index contributed by atoms with van der Waals surface area (Å²) in [6.07, 6.45) is 2.76. The maximum absolute atomic E-state index is 10.6. The van der Waals surface area contributed by atoms with Crippen LogP contribution in [0.5, 0.6) is 0 Å². The Labute approximate surface area is 131 Å². The molecular weight excluding hydrogens is 306 g/mol. The topological polar surface area (TPSA) is 145 Å². The van der Waals surface area contributed by atoms with Crippen molar-refractivity contribution in [1.82, 2.24) is 10.3 Å². The first-order chi connectivity index (χ1) is 10.5. The van der Waals surface area contributed by atoms with Crippen LogP contribution in [0.3, 0.4) is 0 Å². The molecule has 0 aliphatic heterocycles. The molecule has 10 heteroatoms. The third-order valence-corrected chi connectivity index (χ3v) is 4.26. The second-order valence-corrected chi connectivity index (χ2v) is 5.94. The van der Waals surface area contributed by atoms with E-state index in [4.69, 9.17) is 11.5 Å². The van der Waals surface area contributed by atoms with Crippen molar-refractivity contribution in [3.05, 3.63) is 21.2 Å². The highest BCUT2D eigenvalue weighted by Crippen LogP contribution is 2.36. The van der Waals surface area contributed by atoms with E-state index in [0.29, 0.717) is 16.9 Å². The first-order valence-electron chi connectivity index (χ1n) is 6.87. The van der Waals surface area contributed by atoms with Crippen LogP contribution in [0.2, 0.25) is 0 Å². The van der Waals surface area contributed by atoms with Crippen LogP contribution in [0, 0.1) is 10.1 Å². The maximum Gasteiger partial charge on any atom is 0.259 e. The lowest BCUT2D eigenvalue weighted by molar-refractivity contribution is -0.463. The van der Waals surface area contributed by atoms with Crippen molar-refractivity contribution in [2.24, 2.45) is 21.5 Å². The third-order valence-electron chi connectivity index (χ3n) is 3.50. The van der Waals surface area contributed by atoms with Gasteiger partial charge in [0.2, 0.25) is 5.13 Å². The highest BCUT2D eigenvalue weighted by molar-refractivity contribution is 7.13. The van der Waals surface area contributed by atoms with Crippen molar-refractivity contribution in [3.63, 3.8) is 0 Å². The van der Waals surface area contributed by atoms with Crippen molar-refractivity contribution < 1.29 is 4.92 Å².